The number of unbranched alkanes of at least 4 members (excludes halogenated alkanes) is 2. The van der Waals surface area contributed by atoms with Crippen LogP contribution in [-0.4, -0.2) is 18.6 Å². The molecule has 0 aliphatic rings. The molecule has 106 valence electrons. The van der Waals surface area contributed by atoms with Crippen LogP contribution in [0.15, 0.2) is 12.1 Å². The van der Waals surface area contributed by atoms with Crippen molar-refractivity contribution in [2.45, 2.75) is 31.5 Å². The van der Waals surface area contributed by atoms with Crippen LogP contribution in [0, 0.1) is 10.1 Å². The number of benzene rings is 1. The van der Waals surface area contributed by atoms with Gasteiger partial charge in [-0.1, -0.05) is 35.7 Å². The Morgan fingerprint density at radius 2 is 2.05 bits per heavy atom. The van der Waals surface area contributed by atoms with Crippen molar-refractivity contribution < 1.29 is 14.4 Å². The van der Waals surface area contributed by atoms with Crippen molar-refractivity contribution in [3.63, 3.8) is 0 Å². The first kappa shape index (κ1) is 15.8. The number of nitro benzene ring substituents is 1. The van der Waals surface area contributed by atoms with Gasteiger partial charge in [-0.2, -0.15) is 0 Å². The molecule has 1 aromatic carbocycles. The van der Waals surface area contributed by atoms with Gasteiger partial charge in [0.2, 0.25) is 0 Å². The van der Waals surface area contributed by atoms with E-state index in [1.807, 2.05) is 0 Å². The molecule has 0 amide bonds. The fourth-order valence-electron chi connectivity index (χ4n) is 1.67. The third kappa shape index (κ3) is 4.38. The minimum absolute atomic E-state index is 0.0446. The maximum atomic E-state index is 11.0. The first-order valence-corrected chi connectivity index (χ1v) is 7.30. The summed E-state index contributed by atoms with van der Waals surface area (Å²) in [5.74, 6) is 0.951. The number of methoxy groups -OCH3 is 1. The van der Waals surface area contributed by atoms with E-state index in [0.717, 1.165) is 19.3 Å². The molecule has 5 nitrogen and oxygen atoms in total. The summed E-state index contributed by atoms with van der Waals surface area (Å²) in [7, 11) is 1.53. The van der Waals surface area contributed by atoms with Gasteiger partial charge >= 0.3 is 0 Å². The Morgan fingerprint density at radius 1 is 1.32 bits per heavy atom. The summed E-state index contributed by atoms with van der Waals surface area (Å²) in [4.78, 5) is 10.6. The summed E-state index contributed by atoms with van der Waals surface area (Å²) in [6.07, 6.45) is 3.10. The van der Waals surface area contributed by atoms with Crippen LogP contribution in [0.1, 0.15) is 31.7 Å². The molecule has 0 aromatic heterocycles. The molecule has 0 N–H and O–H groups in total. The molecule has 0 aliphatic carbocycles. The Bertz CT molecular complexity index is 437. The van der Waals surface area contributed by atoms with Crippen molar-refractivity contribution in [3.05, 3.63) is 27.8 Å². The van der Waals surface area contributed by atoms with E-state index in [2.05, 4.69) is 22.9 Å². The molecule has 0 bridgehead atoms. The van der Waals surface area contributed by atoms with E-state index in [1.165, 1.54) is 13.2 Å². The van der Waals surface area contributed by atoms with Gasteiger partial charge in [-0.15, -0.1) is 0 Å². The van der Waals surface area contributed by atoms with Crippen LogP contribution in [0.25, 0.3) is 0 Å². The quantitative estimate of drug-likeness (QED) is 0.312. The van der Waals surface area contributed by atoms with Gasteiger partial charge in [0, 0.05) is 10.9 Å². The van der Waals surface area contributed by atoms with Crippen LogP contribution < -0.4 is 9.47 Å². The standard InChI is InChI=1S/C13H18BrNO4/c1-3-4-5-6-19-13-8-11(15(16)17)10(9-14)7-12(13)18-2/h7-8H,3-6,9H2,1-2H3. The number of hydrogen-bond donors (Lipinski definition) is 0. The second-order valence-corrected chi connectivity index (χ2v) is 4.64. The SMILES string of the molecule is CCCCCOc1cc([N+](=O)[O-])c(CBr)cc1OC. The van der Waals surface area contributed by atoms with Crippen LogP contribution in [0.3, 0.4) is 0 Å². The Morgan fingerprint density at radius 3 is 2.58 bits per heavy atom. The lowest BCUT2D eigenvalue weighted by molar-refractivity contribution is -0.385. The largest absolute Gasteiger partial charge is 0.493 e. The minimum atomic E-state index is -0.408. The summed E-state index contributed by atoms with van der Waals surface area (Å²) in [5.41, 5.74) is 0.617. The zero-order valence-electron chi connectivity index (χ0n) is 11.1. The van der Waals surface area contributed by atoms with Gasteiger partial charge in [0.15, 0.2) is 11.5 Å². The van der Waals surface area contributed by atoms with Gasteiger partial charge in [0.25, 0.3) is 5.69 Å². The van der Waals surface area contributed by atoms with Gasteiger partial charge in [0.05, 0.1) is 24.7 Å². The molecule has 0 aliphatic heterocycles. The molecule has 1 aromatic rings. The zero-order valence-corrected chi connectivity index (χ0v) is 12.7. The maximum absolute atomic E-state index is 11.0. The van der Waals surface area contributed by atoms with Crippen LogP contribution in [0.4, 0.5) is 5.69 Å². The molecular formula is C13H18BrNO4. The van der Waals surface area contributed by atoms with E-state index < -0.39 is 4.92 Å². The van der Waals surface area contributed by atoms with Crippen LogP contribution in [0.5, 0.6) is 11.5 Å². The van der Waals surface area contributed by atoms with Gasteiger partial charge in [0.1, 0.15) is 0 Å². The first-order chi connectivity index (χ1) is 9.13. The normalized spacial score (nSPS) is 10.3. The molecule has 0 fully saturated rings. The van der Waals surface area contributed by atoms with Crippen molar-refractivity contribution >= 4 is 21.6 Å². The topological polar surface area (TPSA) is 61.6 Å². The highest BCUT2D eigenvalue weighted by Gasteiger charge is 2.18. The monoisotopic (exact) mass is 331 g/mol. The van der Waals surface area contributed by atoms with Gasteiger partial charge in [-0.3, -0.25) is 10.1 Å². The number of nitrogens with zero attached hydrogens (tertiary/aromatic N) is 1. The summed E-state index contributed by atoms with van der Waals surface area (Å²) in [6, 6.07) is 3.07. The first-order valence-electron chi connectivity index (χ1n) is 6.18. The lowest BCUT2D eigenvalue weighted by Gasteiger charge is -2.12. The Balaban J connectivity index is 2.94. The fourth-order valence-corrected chi connectivity index (χ4v) is 2.12. The Kier molecular flexibility index (Phi) is 6.62. The molecule has 0 atom stereocenters. The number of hydrogen-bond acceptors (Lipinski definition) is 4. The molecule has 1 rings (SSSR count). The van der Waals surface area contributed by atoms with Crippen LogP contribution in [0.2, 0.25) is 0 Å². The predicted octanol–water partition coefficient (Wildman–Crippen LogP) is 4.07. The number of halogens is 1. The van der Waals surface area contributed by atoms with Gasteiger partial charge in [-0.05, 0) is 12.5 Å². The van der Waals surface area contributed by atoms with Gasteiger partial charge < -0.3 is 9.47 Å². The lowest BCUT2D eigenvalue weighted by Crippen LogP contribution is -2.02. The van der Waals surface area contributed by atoms with E-state index in [9.17, 15) is 10.1 Å². The minimum Gasteiger partial charge on any atom is -0.493 e. The highest BCUT2D eigenvalue weighted by molar-refractivity contribution is 9.08. The molecule has 0 heterocycles. The van der Waals surface area contributed by atoms with Crippen molar-refractivity contribution in [1.29, 1.82) is 0 Å². The summed E-state index contributed by atoms with van der Waals surface area (Å²) in [5, 5.41) is 11.4. The van der Waals surface area contributed by atoms with Crippen molar-refractivity contribution in [2.24, 2.45) is 0 Å². The molecule has 6 heteroatoms. The number of rotatable bonds is 8. The zero-order chi connectivity index (χ0) is 14.3. The highest BCUT2D eigenvalue weighted by Crippen LogP contribution is 2.35. The summed E-state index contributed by atoms with van der Waals surface area (Å²) < 4.78 is 10.8. The fraction of sp³-hybridized carbons (Fsp3) is 0.538. The van der Waals surface area contributed by atoms with Gasteiger partial charge in [-0.25, -0.2) is 0 Å². The summed E-state index contributed by atoms with van der Waals surface area (Å²) in [6.45, 7) is 2.64. The third-order valence-electron chi connectivity index (χ3n) is 2.71. The molecule has 0 saturated heterocycles. The Labute approximate surface area is 121 Å². The molecule has 0 saturated carbocycles. The Hall–Kier alpha value is -1.30. The van der Waals surface area contributed by atoms with E-state index in [-0.39, 0.29) is 5.69 Å². The average Bonchev–Trinajstić information content (AvgIpc) is 2.42. The molecule has 0 unspecified atom stereocenters. The number of nitro groups is 1. The average molecular weight is 332 g/mol. The summed E-state index contributed by atoms with van der Waals surface area (Å²) >= 11 is 3.24. The number of ether oxygens (including phenoxy) is 2. The predicted molar refractivity (Wildman–Crippen MR) is 77.3 cm³/mol. The molecule has 0 radical (unpaired) electrons. The van der Waals surface area contributed by atoms with E-state index in [4.69, 9.17) is 9.47 Å². The maximum Gasteiger partial charge on any atom is 0.277 e. The molecule has 0 spiro atoms. The van der Waals surface area contributed by atoms with E-state index in [0.29, 0.717) is 29.0 Å². The number of alkyl halides is 1. The van der Waals surface area contributed by atoms with Crippen LogP contribution >= 0.6 is 15.9 Å². The van der Waals surface area contributed by atoms with Crippen molar-refractivity contribution in [2.75, 3.05) is 13.7 Å². The lowest BCUT2D eigenvalue weighted by atomic mass is 10.2. The second-order valence-electron chi connectivity index (χ2n) is 4.08. The van der Waals surface area contributed by atoms with E-state index >= 15 is 0 Å². The van der Waals surface area contributed by atoms with Crippen molar-refractivity contribution in [3.8, 4) is 11.5 Å². The van der Waals surface area contributed by atoms with Crippen molar-refractivity contribution in [1.82, 2.24) is 0 Å². The van der Waals surface area contributed by atoms with E-state index in [1.54, 1.807) is 6.07 Å². The molecule has 19 heavy (non-hydrogen) atoms. The highest BCUT2D eigenvalue weighted by atomic mass is 79.9. The molecular weight excluding hydrogens is 314 g/mol. The smallest absolute Gasteiger partial charge is 0.277 e. The third-order valence-corrected chi connectivity index (χ3v) is 3.32. The van der Waals surface area contributed by atoms with Crippen LogP contribution in [-0.2, 0) is 5.33 Å². The second kappa shape index (κ2) is 7.99.